The lowest BCUT2D eigenvalue weighted by Crippen LogP contribution is -2.45. The summed E-state index contributed by atoms with van der Waals surface area (Å²) in [5.41, 5.74) is 9.85. The average Bonchev–Trinajstić information content (AvgIpc) is 2.37. The first kappa shape index (κ1) is 14.3. The van der Waals surface area contributed by atoms with Crippen LogP contribution in [0.1, 0.15) is 22.7 Å². The van der Waals surface area contributed by atoms with Crippen LogP contribution in [0.3, 0.4) is 0 Å². The first-order chi connectivity index (χ1) is 9.02. The Kier molecular flexibility index (Phi) is 4.45. The van der Waals surface area contributed by atoms with Gasteiger partial charge in [-0.3, -0.25) is 0 Å². The van der Waals surface area contributed by atoms with Crippen molar-refractivity contribution < 1.29 is 9.47 Å². The van der Waals surface area contributed by atoms with Crippen molar-refractivity contribution in [3.8, 4) is 5.75 Å². The summed E-state index contributed by atoms with van der Waals surface area (Å²) in [6, 6.07) is 4.03. The lowest BCUT2D eigenvalue weighted by molar-refractivity contribution is -0.0330. The van der Waals surface area contributed by atoms with Gasteiger partial charge in [0.2, 0.25) is 0 Å². The maximum Gasteiger partial charge on any atom is 0.124 e. The quantitative estimate of drug-likeness (QED) is 0.901. The minimum absolute atomic E-state index is 0.0223. The average molecular weight is 264 g/mol. The molecule has 1 aliphatic heterocycles. The Bertz CT molecular complexity index is 448. The third-order valence-corrected chi connectivity index (χ3v) is 3.74. The van der Waals surface area contributed by atoms with Gasteiger partial charge >= 0.3 is 0 Å². The Morgan fingerprint density at radius 3 is 2.79 bits per heavy atom. The topological polar surface area (TPSA) is 47.7 Å². The Labute approximate surface area is 115 Å². The maximum atomic E-state index is 6.43. The van der Waals surface area contributed by atoms with Gasteiger partial charge in [0.05, 0.1) is 25.9 Å². The molecule has 1 aliphatic rings. The minimum atomic E-state index is -0.154. The molecule has 4 nitrogen and oxygen atoms in total. The van der Waals surface area contributed by atoms with Crippen molar-refractivity contribution in [1.82, 2.24) is 4.90 Å². The minimum Gasteiger partial charge on any atom is -0.496 e. The van der Waals surface area contributed by atoms with E-state index in [0.29, 0.717) is 0 Å². The standard InChI is InChI=1S/C15H24N2O2/c1-10-7-11(2)14(12(8-10)18-4)15(16)13-9-17(3)5-6-19-13/h7-8,13,15H,5-6,9,16H2,1-4H3. The van der Waals surface area contributed by atoms with E-state index < -0.39 is 0 Å². The van der Waals surface area contributed by atoms with Gasteiger partial charge in [-0.1, -0.05) is 6.07 Å². The number of rotatable bonds is 3. The first-order valence-corrected chi connectivity index (χ1v) is 6.73. The molecule has 2 N–H and O–H groups in total. The van der Waals surface area contributed by atoms with Crippen LogP contribution < -0.4 is 10.5 Å². The fourth-order valence-corrected chi connectivity index (χ4v) is 2.75. The van der Waals surface area contributed by atoms with Crippen LogP contribution in [-0.2, 0) is 4.74 Å². The Morgan fingerprint density at radius 1 is 1.42 bits per heavy atom. The van der Waals surface area contributed by atoms with Gasteiger partial charge in [-0.25, -0.2) is 0 Å². The predicted octanol–water partition coefficient (Wildman–Crippen LogP) is 1.64. The van der Waals surface area contributed by atoms with E-state index in [1.165, 1.54) is 11.1 Å². The van der Waals surface area contributed by atoms with Gasteiger partial charge in [0, 0.05) is 18.7 Å². The molecule has 0 aliphatic carbocycles. The van der Waals surface area contributed by atoms with E-state index >= 15 is 0 Å². The van der Waals surface area contributed by atoms with Gasteiger partial charge in [0.15, 0.2) is 0 Å². The van der Waals surface area contributed by atoms with Gasteiger partial charge in [-0.05, 0) is 38.1 Å². The summed E-state index contributed by atoms with van der Waals surface area (Å²) in [6.45, 7) is 6.71. The molecule has 4 heteroatoms. The van der Waals surface area contributed by atoms with E-state index in [1.54, 1.807) is 7.11 Å². The van der Waals surface area contributed by atoms with Crippen molar-refractivity contribution in [2.45, 2.75) is 26.0 Å². The number of ether oxygens (including phenoxy) is 2. The van der Waals surface area contributed by atoms with Crippen molar-refractivity contribution in [3.05, 3.63) is 28.8 Å². The van der Waals surface area contributed by atoms with Gasteiger partial charge in [0.25, 0.3) is 0 Å². The number of nitrogens with two attached hydrogens (primary N) is 1. The highest BCUT2D eigenvalue weighted by molar-refractivity contribution is 5.45. The van der Waals surface area contributed by atoms with Gasteiger partial charge < -0.3 is 20.1 Å². The number of morpholine rings is 1. The maximum absolute atomic E-state index is 6.43. The Hall–Kier alpha value is -1.10. The van der Waals surface area contributed by atoms with E-state index in [4.69, 9.17) is 15.2 Å². The van der Waals surface area contributed by atoms with Crippen LogP contribution in [0.2, 0.25) is 0 Å². The van der Waals surface area contributed by atoms with Crippen LogP contribution in [0.4, 0.5) is 0 Å². The lowest BCUT2D eigenvalue weighted by atomic mass is 9.94. The van der Waals surface area contributed by atoms with E-state index in [-0.39, 0.29) is 12.1 Å². The molecule has 0 aromatic heterocycles. The molecule has 2 atom stereocenters. The lowest BCUT2D eigenvalue weighted by Gasteiger charge is -2.34. The summed E-state index contributed by atoms with van der Waals surface area (Å²) >= 11 is 0. The van der Waals surface area contributed by atoms with Crippen molar-refractivity contribution >= 4 is 0 Å². The summed E-state index contributed by atoms with van der Waals surface area (Å²) in [5.74, 6) is 0.863. The van der Waals surface area contributed by atoms with E-state index in [1.807, 2.05) is 6.07 Å². The van der Waals surface area contributed by atoms with Crippen LogP contribution in [-0.4, -0.2) is 44.9 Å². The summed E-state index contributed by atoms with van der Waals surface area (Å²) in [5, 5.41) is 0. The molecule has 1 aromatic carbocycles. The zero-order valence-electron chi connectivity index (χ0n) is 12.3. The first-order valence-electron chi connectivity index (χ1n) is 6.73. The second kappa shape index (κ2) is 5.90. The van der Waals surface area contributed by atoms with Crippen molar-refractivity contribution in [1.29, 1.82) is 0 Å². The summed E-state index contributed by atoms with van der Waals surface area (Å²) in [7, 11) is 3.79. The fourth-order valence-electron chi connectivity index (χ4n) is 2.75. The molecule has 0 saturated carbocycles. The summed E-state index contributed by atoms with van der Waals surface area (Å²) in [4.78, 5) is 2.25. The van der Waals surface area contributed by atoms with Crippen LogP contribution in [0, 0.1) is 13.8 Å². The third-order valence-electron chi connectivity index (χ3n) is 3.74. The molecule has 1 saturated heterocycles. The molecule has 1 aromatic rings. The molecule has 1 heterocycles. The number of aryl methyl sites for hydroxylation is 2. The molecule has 0 amide bonds. The van der Waals surface area contributed by atoms with Crippen molar-refractivity contribution in [2.24, 2.45) is 5.73 Å². The highest BCUT2D eigenvalue weighted by atomic mass is 16.5. The van der Waals surface area contributed by atoms with E-state index in [0.717, 1.165) is 31.0 Å². The number of hydrogen-bond donors (Lipinski definition) is 1. The number of nitrogens with zero attached hydrogens (tertiary/aromatic N) is 1. The fraction of sp³-hybridized carbons (Fsp3) is 0.600. The smallest absolute Gasteiger partial charge is 0.124 e. The summed E-state index contributed by atoms with van der Waals surface area (Å²) < 4.78 is 11.3. The number of methoxy groups -OCH3 is 1. The second-order valence-corrected chi connectivity index (χ2v) is 5.40. The number of hydrogen-bond acceptors (Lipinski definition) is 4. The van der Waals surface area contributed by atoms with Crippen molar-refractivity contribution in [2.75, 3.05) is 33.9 Å². The van der Waals surface area contributed by atoms with Gasteiger partial charge in [-0.2, -0.15) is 0 Å². The molecule has 19 heavy (non-hydrogen) atoms. The van der Waals surface area contributed by atoms with Crippen LogP contribution >= 0.6 is 0 Å². The van der Waals surface area contributed by atoms with Gasteiger partial charge in [0.1, 0.15) is 5.75 Å². The Balaban J connectivity index is 2.29. The molecule has 0 spiro atoms. The zero-order valence-corrected chi connectivity index (χ0v) is 12.3. The second-order valence-electron chi connectivity index (χ2n) is 5.40. The molecule has 1 fully saturated rings. The van der Waals surface area contributed by atoms with Gasteiger partial charge in [-0.15, -0.1) is 0 Å². The molecule has 0 radical (unpaired) electrons. The monoisotopic (exact) mass is 264 g/mol. The molecular weight excluding hydrogens is 240 g/mol. The molecule has 2 unspecified atom stereocenters. The van der Waals surface area contributed by atoms with E-state index in [2.05, 4.69) is 31.9 Å². The Morgan fingerprint density at radius 2 is 2.16 bits per heavy atom. The highest BCUT2D eigenvalue weighted by Gasteiger charge is 2.28. The zero-order chi connectivity index (χ0) is 14.0. The molecular formula is C15H24N2O2. The number of likely N-dealkylation sites (N-methyl/N-ethyl adjacent to an activating group) is 1. The summed E-state index contributed by atoms with van der Waals surface area (Å²) in [6.07, 6.45) is 0.0223. The number of benzene rings is 1. The molecule has 2 rings (SSSR count). The highest BCUT2D eigenvalue weighted by Crippen LogP contribution is 2.32. The van der Waals surface area contributed by atoms with Crippen molar-refractivity contribution in [3.63, 3.8) is 0 Å². The van der Waals surface area contributed by atoms with Crippen LogP contribution in [0.5, 0.6) is 5.75 Å². The largest absolute Gasteiger partial charge is 0.496 e. The van der Waals surface area contributed by atoms with E-state index in [9.17, 15) is 0 Å². The predicted molar refractivity (Wildman–Crippen MR) is 76.6 cm³/mol. The normalized spacial score (nSPS) is 22.3. The third kappa shape index (κ3) is 3.08. The van der Waals surface area contributed by atoms with Crippen LogP contribution in [0.25, 0.3) is 0 Å². The molecule has 0 bridgehead atoms. The SMILES string of the molecule is COc1cc(C)cc(C)c1C(N)C1CN(C)CCO1. The van der Waals surface area contributed by atoms with Crippen LogP contribution in [0.15, 0.2) is 12.1 Å². The molecule has 106 valence electrons.